The minimum absolute atomic E-state index is 0.165. The second-order valence-corrected chi connectivity index (χ2v) is 4.44. The summed E-state index contributed by atoms with van der Waals surface area (Å²) in [6.45, 7) is 0. The van der Waals surface area contributed by atoms with Gasteiger partial charge in [-0.05, 0) is 12.1 Å². The number of fused-ring (bicyclic) bond motifs is 2. The van der Waals surface area contributed by atoms with Crippen molar-refractivity contribution in [2.75, 3.05) is 0 Å². The maximum Gasteiger partial charge on any atom is 0.337 e. The van der Waals surface area contributed by atoms with Crippen molar-refractivity contribution in [2.24, 2.45) is 0 Å². The molecule has 0 amide bonds. The Bertz CT molecular complexity index is 987. The molecule has 0 saturated carbocycles. The highest BCUT2D eigenvalue weighted by Gasteiger charge is 2.15. The van der Waals surface area contributed by atoms with Crippen molar-refractivity contribution in [1.29, 1.82) is 0 Å². The highest BCUT2D eigenvalue weighted by molar-refractivity contribution is 5.88. The molecule has 0 bridgehead atoms. The van der Waals surface area contributed by atoms with E-state index in [9.17, 15) is 4.79 Å². The molecular weight excluding hydrogens is 272 g/mol. The van der Waals surface area contributed by atoms with Gasteiger partial charge in [0.1, 0.15) is 0 Å². The summed E-state index contributed by atoms with van der Waals surface area (Å²) in [5.41, 5.74) is 2.24. The largest absolute Gasteiger partial charge is 0.478 e. The van der Waals surface area contributed by atoms with Crippen LogP contribution < -0.4 is 0 Å². The number of pyridine rings is 1. The van der Waals surface area contributed by atoms with Crippen molar-refractivity contribution in [3.63, 3.8) is 0 Å². The molecule has 0 atom stereocenters. The zero-order valence-electron chi connectivity index (χ0n) is 10.6. The van der Waals surface area contributed by atoms with E-state index >= 15 is 0 Å². The van der Waals surface area contributed by atoms with E-state index in [1.54, 1.807) is 39.8 Å². The Hall–Kier alpha value is -3.29. The third-order valence-electron chi connectivity index (χ3n) is 3.21. The van der Waals surface area contributed by atoms with Gasteiger partial charge in [-0.3, -0.25) is 9.38 Å². The molecule has 0 aromatic carbocycles. The standard InChI is InChI=1S/C13H8N6O2/c20-13(21)8-1-2-11-16-17-12(18(11)7-8)9-5-15-19-4-3-14-6-10(9)19/h1-7H,(H,20,21). The van der Waals surface area contributed by atoms with E-state index in [0.717, 1.165) is 11.1 Å². The molecular formula is C13H8N6O2. The van der Waals surface area contributed by atoms with E-state index in [1.807, 2.05) is 0 Å². The minimum Gasteiger partial charge on any atom is -0.478 e. The van der Waals surface area contributed by atoms with Crippen molar-refractivity contribution >= 4 is 17.1 Å². The zero-order valence-corrected chi connectivity index (χ0v) is 10.6. The van der Waals surface area contributed by atoms with Crippen LogP contribution in [0.15, 0.2) is 43.1 Å². The first-order valence-corrected chi connectivity index (χ1v) is 6.10. The summed E-state index contributed by atoms with van der Waals surface area (Å²) in [5.74, 6) is -0.478. The summed E-state index contributed by atoms with van der Waals surface area (Å²) >= 11 is 0. The number of hydrogen-bond donors (Lipinski definition) is 1. The lowest BCUT2D eigenvalue weighted by atomic mass is 10.2. The van der Waals surface area contributed by atoms with E-state index in [-0.39, 0.29) is 5.56 Å². The Morgan fingerprint density at radius 1 is 1.19 bits per heavy atom. The van der Waals surface area contributed by atoms with Crippen LogP contribution in [0.1, 0.15) is 10.4 Å². The van der Waals surface area contributed by atoms with Gasteiger partial charge in [-0.2, -0.15) is 5.10 Å². The maximum absolute atomic E-state index is 11.1. The van der Waals surface area contributed by atoms with Crippen LogP contribution in [-0.2, 0) is 0 Å². The van der Waals surface area contributed by atoms with Crippen LogP contribution in [0.2, 0.25) is 0 Å². The number of rotatable bonds is 2. The molecule has 4 aromatic rings. The zero-order chi connectivity index (χ0) is 14.4. The fourth-order valence-electron chi connectivity index (χ4n) is 2.21. The van der Waals surface area contributed by atoms with Crippen LogP contribution in [0.5, 0.6) is 0 Å². The predicted molar refractivity (Wildman–Crippen MR) is 71.9 cm³/mol. The molecule has 0 aliphatic carbocycles. The predicted octanol–water partition coefficient (Wildman–Crippen LogP) is 1.14. The Morgan fingerprint density at radius 2 is 2.10 bits per heavy atom. The number of nitrogens with zero attached hydrogens (tertiary/aromatic N) is 6. The molecule has 8 heteroatoms. The van der Waals surface area contributed by atoms with Crippen LogP contribution in [-0.4, -0.2) is 40.3 Å². The highest BCUT2D eigenvalue weighted by atomic mass is 16.4. The summed E-state index contributed by atoms with van der Waals surface area (Å²) in [4.78, 5) is 15.2. The molecule has 21 heavy (non-hydrogen) atoms. The quantitative estimate of drug-likeness (QED) is 0.591. The average Bonchev–Trinajstić information content (AvgIpc) is 3.09. The van der Waals surface area contributed by atoms with Gasteiger partial charge in [0.05, 0.1) is 29.0 Å². The van der Waals surface area contributed by atoms with Crippen molar-refractivity contribution < 1.29 is 9.90 Å². The van der Waals surface area contributed by atoms with Gasteiger partial charge in [0.15, 0.2) is 11.5 Å². The molecule has 1 N–H and O–H groups in total. The molecule has 0 radical (unpaired) electrons. The number of aromatic nitrogens is 6. The van der Waals surface area contributed by atoms with Crippen LogP contribution in [0, 0.1) is 0 Å². The normalized spacial score (nSPS) is 11.2. The van der Waals surface area contributed by atoms with Gasteiger partial charge in [-0.1, -0.05) is 0 Å². The fourth-order valence-corrected chi connectivity index (χ4v) is 2.21. The van der Waals surface area contributed by atoms with Crippen LogP contribution >= 0.6 is 0 Å². The molecule has 102 valence electrons. The topological polar surface area (TPSA) is 97.7 Å². The number of carboxylic acids is 1. The Labute approximate surface area is 117 Å². The monoisotopic (exact) mass is 280 g/mol. The summed E-state index contributed by atoms with van der Waals surface area (Å²) in [7, 11) is 0. The number of aromatic carboxylic acids is 1. The van der Waals surface area contributed by atoms with Gasteiger partial charge in [-0.15, -0.1) is 10.2 Å². The molecule has 8 nitrogen and oxygen atoms in total. The molecule has 0 fully saturated rings. The Kier molecular flexibility index (Phi) is 2.25. The van der Waals surface area contributed by atoms with Gasteiger partial charge in [-0.25, -0.2) is 9.31 Å². The second kappa shape index (κ2) is 4.10. The lowest BCUT2D eigenvalue weighted by Crippen LogP contribution is -1.99. The molecule has 4 rings (SSSR count). The first kappa shape index (κ1) is 11.5. The summed E-state index contributed by atoms with van der Waals surface area (Å²) in [6.07, 6.45) is 8.18. The summed E-state index contributed by atoms with van der Waals surface area (Å²) in [5, 5.41) is 21.5. The maximum atomic E-state index is 11.1. The van der Waals surface area contributed by atoms with Crippen LogP contribution in [0.3, 0.4) is 0 Å². The molecule has 0 spiro atoms. The molecule has 4 aromatic heterocycles. The SMILES string of the molecule is O=C(O)c1ccc2nnc(-c3cnn4ccncc34)n2c1. The smallest absolute Gasteiger partial charge is 0.337 e. The van der Waals surface area contributed by atoms with Gasteiger partial charge in [0, 0.05) is 18.6 Å². The first-order valence-electron chi connectivity index (χ1n) is 6.10. The van der Waals surface area contributed by atoms with Crippen molar-refractivity contribution in [3.8, 4) is 11.4 Å². The summed E-state index contributed by atoms with van der Waals surface area (Å²) < 4.78 is 3.30. The average molecular weight is 280 g/mol. The second-order valence-electron chi connectivity index (χ2n) is 4.44. The molecule has 0 saturated heterocycles. The third-order valence-corrected chi connectivity index (χ3v) is 3.21. The van der Waals surface area contributed by atoms with Gasteiger partial charge in [0.2, 0.25) is 0 Å². The minimum atomic E-state index is -1.00. The highest BCUT2D eigenvalue weighted by Crippen LogP contribution is 2.23. The van der Waals surface area contributed by atoms with Crippen LogP contribution in [0.4, 0.5) is 0 Å². The van der Waals surface area contributed by atoms with E-state index in [2.05, 4.69) is 20.3 Å². The summed E-state index contributed by atoms with van der Waals surface area (Å²) in [6, 6.07) is 3.11. The first-order chi connectivity index (χ1) is 10.2. The Morgan fingerprint density at radius 3 is 2.95 bits per heavy atom. The lowest BCUT2D eigenvalue weighted by Gasteiger charge is -2.00. The van der Waals surface area contributed by atoms with Crippen LogP contribution in [0.25, 0.3) is 22.6 Å². The molecule has 0 aliphatic rings. The van der Waals surface area contributed by atoms with Crippen molar-refractivity contribution in [2.45, 2.75) is 0 Å². The van der Waals surface area contributed by atoms with E-state index in [1.165, 1.54) is 12.3 Å². The van der Waals surface area contributed by atoms with Crippen molar-refractivity contribution in [1.82, 2.24) is 29.2 Å². The van der Waals surface area contributed by atoms with Gasteiger partial charge < -0.3 is 5.11 Å². The Balaban J connectivity index is 2.02. The van der Waals surface area contributed by atoms with E-state index < -0.39 is 5.97 Å². The molecule has 0 aliphatic heterocycles. The molecule has 4 heterocycles. The van der Waals surface area contributed by atoms with Crippen molar-refractivity contribution in [3.05, 3.63) is 48.7 Å². The van der Waals surface area contributed by atoms with Gasteiger partial charge in [0.25, 0.3) is 0 Å². The number of hydrogen-bond acceptors (Lipinski definition) is 5. The molecule has 0 unspecified atom stereocenters. The van der Waals surface area contributed by atoms with E-state index in [4.69, 9.17) is 5.11 Å². The number of carbonyl (C=O) groups is 1. The van der Waals surface area contributed by atoms with Gasteiger partial charge >= 0.3 is 5.97 Å². The van der Waals surface area contributed by atoms with E-state index in [0.29, 0.717) is 11.5 Å². The lowest BCUT2D eigenvalue weighted by molar-refractivity contribution is 0.0696. The number of carboxylic acid groups (broad SMARTS) is 1. The third kappa shape index (κ3) is 1.66. The fraction of sp³-hybridized carbons (Fsp3) is 0.